The number of hydroxylamine groups is 1. The molecule has 3 heterocycles. The number of carbonyl (C=O) groups excluding carboxylic acids is 1. The summed E-state index contributed by atoms with van der Waals surface area (Å²) >= 11 is 13.0. The summed E-state index contributed by atoms with van der Waals surface area (Å²) in [4.78, 5) is 18.4. The number of anilines is 1. The van der Waals surface area contributed by atoms with Crippen LogP contribution in [0, 0.1) is 0 Å². The van der Waals surface area contributed by atoms with Gasteiger partial charge in [-0.05, 0) is 62.4 Å². The van der Waals surface area contributed by atoms with Crippen LogP contribution in [0.1, 0.15) is 61.6 Å². The molecular formula is C27H28Cl2N4O4. The zero-order valence-corrected chi connectivity index (χ0v) is 21.9. The molecule has 1 unspecified atom stereocenters. The largest absolute Gasteiger partial charge is 0.427 e. The maximum atomic E-state index is 11.3. The SMILES string of the molecule is C[C@@H]1C[C@H](OCc2c(-c3c(Cl)cccc3Cl)noc2C2CC2)CCN1c1ccc(C2NOC(=O)N2)cc1. The van der Waals surface area contributed by atoms with E-state index in [1.807, 2.05) is 30.3 Å². The van der Waals surface area contributed by atoms with E-state index in [4.69, 9.17) is 37.3 Å². The number of hydrogen-bond donors (Lipinski definition) is 2. The van der Waals surface area contributed by atoms with E-state index in [9.17, 15) is 4.79 Å². The van der Waals surface area contributed by atoms with Gasteiger partial charge in [0.15, 0.2) is 0 Å². The molecule has 1 aliphatic carbocycles. The summed E-state index contributed by atoms with van der Waals surface area (Å²) in [5.74, 6) is 1.29. The molecule has 6 rings (SSSR count). The van der Waals surface area contributed by atoms with Crippen LogP contribution in [0.5, 0.6) is 0 Å². The Morgan fingerprint density at radius 3 is 2.51 bits per heavy atom. The number of carbonyl (C=O) groups is 1. The van der Waals surface area contributed by atoms with Crippen LogP contribution in [0.15, 0.2) is 47.0 Å². The Bertz CT molecular complexity index is 1270. The highest BCUT2D eigenvalue weighted by Crippen LogP contribution is 2.46. The first kappa shape index (κ1) is 24.6. The van der Waals surface area contributed by atoms with E-state index < -0.39 is 6.09 Å². The normalized spacial score (nSPS) is 23.7. The molecule has 0 bridgehead atoms. The minimum Gasteiger partial charge on any atom is -0.373 e. The number of halogens is 2. The van der Waals surface area contributed by atoms with Crippen LogP contribution >= 0.6 is 23.2 Å². The molecule has 194 valence electrons. The van der Waals surface area contributed by atoms with Crippen molar-refractivity contribution in [2.75, 3.05) is 11.4 Å². The zero-order valence-electron chi connectivity index (χ0n) is 20.4. The Labute approximate surface area is 225 Å². The summed E-state index contributed by atoms with van der Waals surface area (Å²) < 4.78 is 12.2. The zero-order chi connectivity index (χ0) is 25.5. The van der Waals surface area contributed by atoms with Crippen LogP contribution in [0.3, 0.4) is 0 Å². The van der Waals surface area contributed by atoms with Crippen LogP contribution in [0.2, 0.25) is 10.0 Å². The van der Waals surface area contributed by atoms with Gasteiger partial charge in [0.05, 0.1) is 22.8 Å². The van der Waals surface area contributed by atoms with Gasteiger partial charge in [0.1, 0.15) is 17.6 Å². The second-order valence-electron chi connectivity index (χ2n) is 9.92. The van der Waals surface area contributed by atoms with Crippen LogP contribution in [-0.4, -0.2) is 29.9 Å². The molecule has 10 heteroatoms. The molecular weight excluding hydrogens is 515 g/mol. The fraction of sp³-hybridized carbons (Fsp3) is 0.407. The third-order valence-corrected chi connectivity index (χ3v) is 7.98. The number of rotatable bonds is 7. The lowest BCUT2D eigenvalue weighted by Gasteiger charge is -2.39. The quantitative estimate of drug-likeness (QED) is 0.359. The van der Waals surface area contributed by atoms with Crippen molar-refractivity contribution in [2.45, 2.75) is 63.4 Å². The Kier molecular flexibility index (Phi) is 6.75. The maximum absolute atomic E-state index is 11.3. The summed E-state index contributed by atoms with van der Waals surface area (Å²) in [5, 5.41) is 8.19. The van der Waals surface area contributed by atoms with E-state index in [2.05, 4.69) is 39.9 Å². The minimum atomic E-state index is -0.470. The van der Waals surface area contributed by atoms with Crippen molar-refractivity contribution in [1.29, 1.82) is 0 Å². The molecule has 2 aromatic carbocycles. The number of benzene rings is 2. The summed E-state index contributed by atoms with van der Waals surface area (Å²) in [6.07, 6.45) is 3.33. The maximum Gasteiger partial charge on any atom is 0.427 e. The van der Waals surface area contributed by atoms with E-state index in [0.717, 1.165) is 54.8 Å². The lowest BCUT2D eigenvalue weighted by molar-refractivity contribution is 0.0175. The Morgan fingerprint density at radius 2 is 1.86 bits per heavy atom. The van der Waals surface area contributed by atoms with Gasteiger partial charge in [-0.25, -0.2) is 4.79 Å². The van der Waals surface area contributed by atoms with Crippen LogP contribution in [0.4, 0.5) is 10.5 Å². The molecule has 8 nitrogen and oxygen atoms in total. The number of nitrogens with one attached hydrogen (secondary N) is 2. The van der Waals surface area contributed by atoms with Crippen LogP contribution in [-0.2, 0) is 16.2 Å². The molecule has 3 aromatic rings. The third-order valence-electron chi connectivity index (χ3n) is 7.35. The second kappa shape index (κ2) is 10.2. The van der Waals surface area contributed by atoms with Crippen molar-refractivity contribution < 1.29 is 18.9 Å². The first-order valence-corrected chi connectivity index (χ1v) is 13.4. The van der Waals surface area contributed by atoms with E-state index in [1.165, 1.54) is 0 Å². The van der Waals surface area contributed by atoms with Gasteiger partial charge in [0.2, 0.25) is 0 Å². The number of nitrogens with zero attached hydrogens (tertiary/aromatic N) is 2. The van der Waals surface area contributed by atoms with Crippen LogP contribution < -0.4 is 15.7 Å². The standard InChI is InChI=1S/C27H28Cl2N4O4/c1-15-13-19(11-12-33(15)18-9-7-17(8-10-18)26-30-27(34)37-32-26)35-14-20-24(31-36-25(20)16-5-6-16)23-21(28)3-2-4-22(23)29/h2-4,7-10,15-16,19,26,32H,5-6,11-14H2,1H3,(H,30,34)/t15-,19-,26?/m1/s1. The van der Waals surface area contributed by atoms with E-state index in [1.54, 1.807) is 0 Å². The minimum absolute atomic E-state index is 0.122. The van der Waals surface area contributed by atoms with Crippen LogP contribution in [0.25, 0.3) is 11.3 Å². The highest BCUT2D eigenvalue weighted by atomic mass is 35.5. The highest BCUT2D eigenvalue weighted by Gasteiger charge is 2.34. The van der Waals surface area contributed by atoms with Crippen molar-refractivity contribution in [2.24, 2.45) is 0 Å². The van der Waals surface area contributed by atoms with Crippen molar-refractivity contribution in [1.82, 2.24) is 16.0 Å². The monoisotopic (exact) mass is 542 g/mol. The van der Waals surface area contributed by atoms with Gasteiger partial charge in [-0.1, -0.05) is 46.6 Å². The van der Waals surface area contributed by atoms with Gasteiger partial charge in [-0.15, -0.1) is 5.48 Å². The average Bonchev–Trinajstić information content (AvgIpc) is 3.51. The number of hydrogen-bond acceptors (Lipinski definition) is 7. The first-order valence-electron chi connectivity index (χ1n) is 12.6. The molecule has 0 spiro atoms. The summed E-state index contributed by atoms with van der Waals surface area (Å²) in [7, 11) is 0. The van der Waals surface area contributed by atoms with Gasteiger partial charge in [-0.2, -0.15) is 0 Å². The third kappa shape index (κ3) is 5.03. The van der Waals surface area contributed by atoms with Gasteiger partial charge >= 0.3 is 6.09 Å². The molecule has 2 aliphatic heterocycles. The van der Waals surface area contributed by atoms with E-state index >= 15 is 0 Å². The Hall–Kier alpha value is -2.78. The molecule has 0 radical (unpaired) electrons. The highest BCUT2D eigenvalue weighted by molar-refractivity contribution is 6.39. The molecule has 3 atom stereocenters. The van der Waals surface area contributed by atoms with E-state index in [-0.39, 0.29) is 12.3 Å². The summed E-state index contributed by atoms with van der Waals surface area (Å²) in [6.45, 7) is 3.52. The number of aromatic nitrogens is 1. The van der Waals surface area contributed by atoms with Crippen molar-refractivity contribution in [3.8, 4) is 11.3 Å². The second-order valence-corrected chi connectivity index (χ2v) is 10.7. The first-order chi connectivity index (χ1) is 18.0. The number of piperidine rings is 1. The number of amides is 1. The molecule has 2 N–H and O–H groups in total. The van der Waals surface area contributed by atoms with Crippen molar-refractivity contribution >= 4 is 35.0 Å². The smallest absolute Gasteiger partial charge is 0.373 e. The topological polar surface area (TPSA) is 88.9 Å². The van der Waals surface area contributed by atoms with E-state index in [0.29, 0.717) is 39.9 Å². The molecule has 1 amide bonds. The summed E-state index contributed by atoms with van der Waals surface area (Å²) in [5.41, 5.74) is 7.10. The Balaban J connectivity index is 1.12. The van der Waals surface area contributed by atoms with Gasteiger partial charge < -0.3 is 19.0 Å². The fourth-order valence-corrected chi connectivity index (χ4v) is 5.79. The average molecular weight is 543 g/mol. The lowest BCUT2D eigenvalue weighted by atomic mass is 9.99. The molecule has 1 saturated carbocycles. The van der Waals surface area contributed by atoms with Gasteiger partial charge in [-0.3, -0.25) is 5.32 Å². The molecule has 1 aromatic heterocycles. The predicted octanol–water partition coefficient (Wildman–Crippen LogP) is 6.34. The van der Waals surface area contributed by atoms with Crippen molar-refractivity contribution in [3.05, 3.63) is 69.4 Å². The van der Waals surface area contributed by atoms with Gasteiger partial charge in [0, 0.05) is 35.3 Å². The molecule has 37 heavy (non-hydrogen) atoms. The lowest BCUT2D eigenvalue weighted by Crippen LogP contribution is -2.43. The van der Waals surface area contributed by atoms with Gasteiger partial charge in [0.25, 0.3) is 0 Å². The molecule has 2 saturated heterocycles. The number of ether oxygens (including phenoxy) is 1. The molecule has 3 aliphatic rings. The van der Waals surface area contributed by atoms with Crippen molar-refractivity contribution in [3.63, 3.8) is 0 Å². The predicted molar refractivity (Wildman–Crippen MR) is 140 cm³/mol. The summed E-state index contributed by atoms with van der Waals surface area (Å²) in [6, 6.07) is 13.9. The Morgan fingerprint density at radius 1 is 1.11 bits per heavy atom. The fourth-order valence-electron chi connectivity index (χ4n) is 5.21. The molecule has 3 fully saturated rings.